The third-order valence-electron chi connectivity index (χ3n) is 2.26. The molecule has 3 heteroatoms. The normalized spacial score (nSPS) is 11.0. The van der Waals surface area contributed by atoms with Gasteiger partial charge in [0, 0.05) is 5.39 Å². The standard InChI is InChI=1S/C12H8OS2/c14-12-6-5-11(15-12)10-7-8-3-1-2-4-9(8)13-10/h1-7,14H. The predicted molar refractivity (Wildman–Crippen MR) is 66.8 cm³/mol. The number of benzene rings is 1. The quantitative estimate of drug-likeness (QED) is 0.612. The van der Waals surface area contributed by atoms with Crippen LogP contribution in [0.3, 0.4) is 0 Å². The van der Waals surface area contributed by atoms with Crippen molar-refractivity contribution >= 4 is 34.9 Å². The molecule has 0 aliphatic heterocycles. The maximum absolute atomic E-state index is 5.74. The van der Waals surface area contributed by atoms with Crippen molar-refractivity contribution in [3.05, 3.63) is 42.5 Å². The van der Waals surface area contributed by atoms with Crippen LogP contribution in [0.2, 0.25) is 0 Å². The molecule has 1 aromatic carbocycles. The highest BCUT2D eigenvalue weighted by Gasteiger charge is 2.07. The molecule has 3 rings (SSSR count). The third kappa shape index (κ3) is 1.58. The molecule has 0 radical (unpaired) electrons. The minimum Gasteiger partial charge on any atom is -0.455 e. The van der Waals surface area contributed by atoms with E-state index in [1.165, 1.54) is 0 Å². The summed E-state index contributed by atoms with van der Waals surface area (Å²) in [6, 6.07) is 14.1. The zero-order valence-corrected chi connectivity index (χ0v) is 9.52. The van der Waals surface area contributed by atoms with Crippen LogP contribution >= 0.6 is 24.0 Å². The van der Waals surface area contributed by atoms with Crippen LogP contribution in [0.4, 0.5) is 0 Å². The van der Waals surface area contributed by atoms with Crippen LogP contribution in [0.15, 0.2) is 51.1 Å². The van der Waals surface area contributed by atoms with E-state index in [1.807, 2.05) is 30.3 Å². The summed E-state index contributed by atoms with van der Waals surface area (Å²) in [5.74, 6) is 0.918. The Bertz CT molecular complexity index is 574. The van der Waals surface area contributed by atoms with Crippen LogP contribution in [-0.2, 0) is 0 Å². The number of hydrogen-bond donors (Lipinski definition) is 1. The number of thiol groups is 1. The molecule has 2 heterocycles. The van der Waals surface area contributed by atoms with Gasteiger partial charge in [-0.2, -0.15) is 0 Å². The lowest BCUT2D eigenvalue weighted by molar-refractivity contribution is 0.633. The van der Waals surface area contributed by atoms with Crippen molar-refractivity contribution in [2.75, 3.05) is 0 Å². The van der Waals surface area contributed by atoms with Crippen LogP contribution in [0.1, 0.15) is 0 Å². The van der Waals surface area contributed by atoms with E-state index >= 15 is 0 Å². The summed E-state index contributed by atoms with van der Waals surface area (Å²) in [5, 5.41) is 1.14. The molecule has 3 aromatic rings. The Balaban J connectivity index is 2.19. The zero-order valence-electron chi connectivity index (χ0n) is 7.81. The summed E-state index contributed by atoms with van der Waals surface area (Å²) < 4.78 is 6.75. The lowest BCUT2D eigenvalue weighted by atomic mass is 10.2. The minimum atomic E-state index is 0.918. The molecule has 0 aliphatic rings. The Morgan fingerprint density at radius 1 is 1.07 bits per heavy atom. The Labute approximate surface area is 96.8 Å². The predicted octanol–water partition coefficient (Wildman–Crippen LogP) is 4.45. The molecule has 0 spiro atoms. The number of hydrogen-bond acceptors (Lipinski definition) is 3. The highest BCUT2D eigenvalue weighted by molar-refractivity contribution is 7.83. The van der Waals surface area contributed by atoms with E-state index in [0.29, 0.717) is 0 Å². The molecule has 2 aromatic heterocycles. The highest BCUT2D eigenvalue weighted by Crippen LogP contribution is 2.33. The van der Waals surface area contributed by atoms with Gasteiger partial charge in [0.25, 0.3) is 0 Å². The van der Waals surface area contributed by atoms with Crippen LogP contribution in [0.5, 0.6) is 0 Å². The Morgan fingerprint density at radius 3 is 2.67 bits per heavy atom. The molecule has 0 aliphatic carbocycles. The Hall–Kier alpha value is -1.19. The summed E-state index contributed by atoms with van der Waals surface area (Å²) >= 11 is 5.92. The average Bonchev–Trinajstić information content (AvgIpc) is 2.82. The van der Waals surface area contributed by atoms with Gasteiger partial charge in [0.2, 0.25) is 0 Å². The molecule has 74 valence electrons. The van der Waals surface area contributed by atoms with Gasteiger partial charge in [-0.1, -0.05) is 18.2 Å². The van der Waals surface area contributed by atoms with Crippen LogP contribution in [-0.4, -0.2) is 0 Å². The lowest BCUT2D eigenvalue weighted by Crippen LogP contribution is -1.59. The fourth-order valence-electron chi connectivity index (χ4n) is 1.56. The highest BCUT2D eigenvalue weighted by atomic mass is 32.2. The SMILES string of the molecule is Sc1ccc(-c2cc3ccccc3o2)s1. The number of rotatable bonds is 1. The van der Waals surface area contributed by atoms with Crippen molar-refractivity contribution in [3.8, 4) is 10.6 Å². The molecule has 0 saturated carbocycles. The largest absolute Gasteiger partial charge is 0.455 e. The number of para-hydroxylation sites is 1. The molecule has 0 N–H and O–H groups in total. The van der Waals surface area contributed by atoms with E-state index in [4.69, 9.17) is 4.42 Å². The van der Waals surface area contributed by atoms with Gasteiger partial charge in [-0.05, 0) is 24.3 Å². The molecule has 0 fully saturated rings. The van der Waals surface area contributed by atoms with E-state index < -0.39 is 0 Å². The molecule has 0 atom stereocenters. The fraction of sp³-hybridized carbons (Fsp3) is 0. The van der Waals surface area contributed by atoms with Gasteiger partial charge in [-0.3, -0.25) is 0 Å². The average molecular weight is 232 g/mol. The Morgan fingerprint density at radius 2 is 1.93 bits per heavy atom. The number of furan rings is 1. The molecule has 0 amide bonds. The van der Waals surface area contributed by atoms with E-state index in [2.05, 4.69) is 24.8 Å². The second-order valence-electron chi connectivity index (χ2n) is 3.29. The van der Waals surface area contributed by atoms with Crippen LogP contribution < -0.4 is 0 Å². The van der Waals surface area contributed by atoms with E-state index in [9.17, 15) is 0 Å². The summed E-state index contributed by atoms with van der Waals surface area (Å²) in [7, 11) is 0. The van der Waals surface area contributed by atoms with Gasteiger partial charge in [0.1, 0.15) is 11.3 Å². The smallest absolute Gasteiger partial charge is 0.145 e. The molecular weight excluding hydrogens is 224 g/mol. The minimum absolute atomic E-state index is 0.918. The molecule has 1 nitrogen and oxygen atoms in total. The summed E-state index contributed by atoms with van der Waals surface area (Å²) in [6.07, 6.45) is 0. The van der Waals surface area contributed by atoms with Crippen molar-refractivity contribution in [2.45, 2.75) is 4.21 Å². The van der Waals surface area contributed by atoms with E-state index in [-0.39, 0.29) is 0 Å². The maximum Gasteiger partial charge on any atom is 0.145 e. The zero-order chi connectivity index (χ0) is 10.3. The Kier molecular flexibility index (Phi) is 2.08. The van der Waals surface area contributed by atoms with Gasteiger partial charge in [-0.25, -0.2) is 0 Å². The van der Waals surface area contributed by atoms with Crippen molar-refractivity contribution in [2.24, 2.45) is 0 Å². The monoisotopic (exact) mass is 232 g/mol. The van der Waals surface area contributed by atoms with E-state index in [0.717, 1.165) is 25.8 Å². The van der Waals surface area contributed by atoms with Crippen molar-refractivity contribution in [1.29, 1.82) is 0 Å². The topological polar surface area (TPSA) is 13.1 Å². The summed E-state index contributed by atoms with van der Waals surface area (Å²) in [6.45, 7) is 0. The molecular formula is C12H8OS2. The third-order valence-corrected chi connectivity index (χ3v) is 3.59. The molecule has 0 unspecified atom stereocenters. The number of thiophene rings is 1. The van der Waals surface area contributed by atoms with Crippen molar-refractivity contribution < 1.29 is 4.42 Å². The lowest BCUT2D eigenvalue weighted by Gasteiger charge is -1.87. The first-order valence-corrected chi connectivity index (χ1v) is 5.87. The van der Waals surface area contributed by atoms with Gasteiger partial charge in [0.15, 0.2) is 0 Å². The van der Waals surface area contributed by atoms with E-state index in [1.54, 1.807) is 11.3 Å². The first-order chi connectivity index (χ1) is 7.33. The van der Waals surface area contributed by atoms with Crippen LogP contribution in [0.25, 0.3) is 21.6 Å². The fourth-order valence-corrected chi connectivity index (χ4v) is 2.63. The molecule has 0 bridgehead atoms. The van der Waals surface area contributed by atoms with Gasteiger partial charge in [0.05, 0.1) is 9.09 Å². The van der Waals surface area contributed by atoms with Crippen LogP contribution in [0, 0.1) is 0 Å². The maximum atomic E-state index is 5.74. The summed E-state index contributed by atoms with van der Waals surface area (Å²) in [5.41, 5.74) is 0.932. The number of fused-ring (bicyclic) bond motifs is 1. The van der Waals surface area contributed by atoms with Crippen molar-refractivity contribution in [1.82, 2.24) is 0 Å². The second kappa shape index (κ2) is 3.43. The molecule has 0 saturated heterocycles. The van der Waals surface area contributed by atoms with Gasteiger partial charge in [-0.15, -0.1) is 24.0 Å². The van der Waals surface area contributed by atoms with Gasteiger partial charge < -0.3 is 4.42 Å². The second-order valence-corrected chi connectivity index (χ2v) is 5.15. The van der Waals surface area contributed by atoms with Crippen molar-refractivity contribution in [3.63, 3.8) is 0 Å². The van der Waals surface area contributed by atoms with Gasteiger partial charge >= 0.3 is 0 Å². The summed E-state index contributed by atoms with van der Waals surface area (Å²) in [4.78, 5) is 1.12. The first-order valence-electron chi connectivity index (χ1n) is 4.61. The first kappa shape index (κ1) is 9.07. The molecule has 15 heavy (non-hydrogen) atoms.